The lowest BCUT2D eigenvalue weighted by Crippen LogP contribution is -2.24. The molecule has 0 aliphatic heterocycles. The summed E-state index contributed by atoms with van der Waals surface area (Å²) in [6.45, 7) is 5.93. The number of nitrogens with zero attached hydrogens (tertiary/aromatic N) is 3. The highest BCUT2D eigenvalue weighted by atomic mass is 35.5. The summed E-state index contributed by atoms with van der Waals surface area (Å²) in [5, 5.41) is 18.6. The van der Waals surface area contributed by atoms with Gasteiger partial charge in [-0.15, -0.1) is 0 Å². The van der Waals surface area contributed by atoms with E-state index < -0.39 is 10.8 Å². The Hall–Kier alpha value is -3.39. The zero-order valence-electron chi connectivity index (χ0n) is 16.8. The number of amides is 1. The fourth-order valence-electron chi connectivity index (χ4n) is 3.01. The van der Waals surface area contributed by atoms with Crippen molar-refractivity contribution in [3.05, 3.63) is 75.1 Å². The van der Waals surface area contributed by atoms with Crippen LogP contribution in [0.2, 0.25) is 5.02 Å². The Labute approximate surface area is 178 Å². The SMILES string of the molecule is Cc1cc(C)cc(Oc2cc(NC(=O)C(C)Cn3cc(Cl)cn3)cc([N+](=O)[O-])c2)c1. The van der Waals surface area contributed by atoms with Crippen molar-refractivity contribution < 1.29 is 14.5 Å². The maximum Gasteiger partial charge on any atom is 0.275 e. The van der Waals surface area contributed by atoms with E-state index in [2.05, 4.69) is 10.4 Å². The number of rotatable bonds is 7. The van der Waals surface area contributed by atoms with Crippen molar-refractivity contribution in [1.82, 2.24) is 9.78 Å². The van der Waals surface area contributed by atoms with Crippen LogP contribution in [0.5, 0.6) is 11.5 Å². The number of halogens is 1. The highest BCUT2D eigenvalue weighted by Crippen LogP contribution is 2.31. The van der Waals surface area contributed by atoms with Crippen LogP contribution in [0.1, 0.15) is 18.1 Å². The molecule has 1 atom stereocenters. The van der Waals surface area contributed by atoms with E-state index in [0.717, 1.165) is 11.1 Å². The lowest BCUT2D eigenvalue weighted by molar-refractivity contribution is -0.384. The Bertz CT molecular complexity index is 1080. The molecule has 0 saturated heterocycles. The lowest BCUT2D eigenvalue weighted by Gasteiger charge is -2.14. The van der Waals surface area contributed by atoms with E-state index in [4.69, 9.17) is 16.3 Å². The number of hydrogen-bond acceptors (Lipinski definition) is 5. The predicted molar refractivity (Wildman–Crippen MR) is 114 cm³/mol. The molecule has 1 heterocycles. The standard InChI is InChI=1S/C21H21ClN4O4/c1-13-4-14(2)6-19(5-13)30-20-8-17(7-18(9-20)26(28)29)24-21(27)15(3)11-25-12-16(22)10-23-25/h4-10,12,15H,11H2,1-3H3,(H,24,27). The van der Waals surface area contributed by atoms with Crippen molar-refractivity contribution in [2.24, 2.45) is 5.92 Å². The van der Waals surface area contributed by atoms with Crippen molar-refractivity contribution in [2.45, 2.75) is 27.3 Å². The van der Waals surface area contributed by atoms with Crippen molar-refractivity contribution >= 4 is 28.9 Å². The molecule has 0 aliphatic rings. The van der Waals surface area contributed by atoms with Gasteiger partial charge in [0.1, 0.15) is 11.5 Å². The van der Waals surface area contributed by atoms with Crippen LogP contribution in [0.25, 0.3) is 0 Å². The second kappa shape index (κ2) is 8.96. The van der Waals surface area contributed by atoms with E-state index >= 15 is 0 Å². The van der Waals surface area contributed by atoms with Gasteiger partial charge in [-0.05, 0) is 37.1 Å². The summed E-state index contributed by atoms with van der Waals surface area (Å²) in [6.07, 6.45) is 3.11. The number of benzene rings is 2. The van der Waals surface area contributed by atoms with E-state index in [0.29, 0.717) is 17.3 Å². The highest BCUT2D eigenvalue weighted by Gasteiger charge is 2.18. The summed E-state index contributed by atoms with van der Waals surface area (Å²) in [4.78, 5) is 23.4. The van der Waals surface area contributed by atoms with E-state index in [1.165, 1.54) is 18.3 Å². The Balaban J connectivity index is 1.79. The van der Waals surface area contributed by atoms with Crippen molar-refractivity contribution in [1.29, 1.82) is 0 Å². The van der Waals surface area contributed by atoms with E-state index in [-0.39, 0.29) is 23.0 Å². The summed E-state index contributed by atoms with van der Waals surface area (Å²) < 4.78 is 7.39. The normalized spacial score (nSPS) is 11.7. The van der Waals surface area contributed by atoms with E-state index in [1.807, 2.05) is 32.0 Å². The number of aromatic nitrogens is 2. The van der Waals surface area contributed by atoms with Crippen LogP contribution >= 0.6 is 11.6 Å². The average molecular weight is 429 g/mol. The first-order valence-electron chi connectivity index (χ1n) is 9.24. The minimum Gasteiger partial charge on any atom is -0.457 e. The molecule has 0 fully saturated rings. The van der Waals surface area contributed by atoms with Gasteiger partial charge in [-0.3, -0.25) is 19.6 Å². The molecule has 2 aromatic carbocycles. The molecule has 1 unspecified atom stereocenters. The number of nitrogens with one attached hydrogen (secondary N) is 1. The number of ether oxygens (including phenoxy) is 1. The number of nitro benzene ring substituents is 1. The number of carbonyl (C=O) groups excluding carboxylic acids is 1. The van der Waals surface area contributed by atoms with Crippen LogP contribution in [-0.2, 0) is 11.3 Å². The van der Waals surface area contributed by atoms with E-state index in [1.54, 1.807) is 23.9 Å². The molecule has 0 aliphatic carbocycles. The van der Waals surface area contributed by atoms with Crippen molar-refractivity contribution in [3.8, 4) is 11.5 Å². The molecule has 1 aromatic heterocycles. The largest absolute Gasteiger partial charge is 0.457 e. The second-order valence-corrected chi connectivity index (χ2v) is 7.61. The summed E-state index contributed by atoms with van der Waals surface area (Å²) >= 11 is 5.84. The predicted octanol–water partition coefficient (Wildman–Crippen LogP) is 5.13. The zero-order chi connectivity index (χ0) is 21.8. The number of nitro groups is 1. The number of anilines is 1. The molecule has 9 heteroatoms. The number of aryl methyl sites for hydroxylation is 2. The number of non-ortho nitro benzene ring substituents is 1. The molecule has 0 bridgehead atoms. The second-order valence-electron chi connectivity index (χ2n) is 7.17. The van der Waals surface area contributed by atoms with Gasteiger partial charge in [-0.2, -0.15) is 5.10 Å². The smallest absolute Gasteiger partial charge is 0.275 e. The summed E-state index contributed by atoms with van der Waals surface area (Å²) in [7, 11) is 0. The molecule has 3 rings (SSSR count). The maximum atomic E-state index is 12.6. The van der Waals surface area contributed by atoms with Crippen LogP contribution in [0.4, 0.5) is 11.4 Å². The first-order chi connectivity index (χ1) is 14.2. The van der Waals surface area contributed by atoms with Gasteiger partial charge in [0, 0.05) is 18.3 Å². The molecule has 8 nitrogen and oxygen atoms in total. The third kappa shape index (κ3) is 5.57. The summed E-state index contributed by atoms with van der Waals surface area (Å²) in [6, 6.07) is 9.84. The fourth-order valence-corrected chi connectivity index (χ4v) is 3.17. The van der Waals surface area contributed by atoms with Gasteiger partial charge in [-0.25, -0.2) is 0 Å². The van der Waals surface area contributed by atoms with Gasteiger partial charge in [-0.1, -0.05) is 24.6 Å². The van der Waals surface area contributed by atoms with Gasteiger partial charge in [0.2, 0.25) is 5.91 Å². The molecule has 3 aromatic rings. The van der Waals surface area contributed by atoms with Gasteiger partial charge in [0.25, 0.3) is 5.69 Å². The molecule has 0 radical (unpaired) electrons. The van der Waals surface area contributed by atoms with Gasteiger partial charge in [0.05, 0.1) is 40.4 Å². The minimum absolute atomic E-state index is 0.182. The zero-order valence-corrected chi connectivity index (χ0v) is 17.5. The number of hydrogen-bond donors (Lipinski definition) is 1. The molecular formula is C21H21ClN4O4. The molecule has 0 spiro atoms. The molecule has 30 heavy (non-hydrogen) atoms. The summed E-state index contributed by atoms with van der Waals surface area (Å²) in [5.41, 5.74) is 2.12. The summed E-state index contributed by atoms with van der Waals surface area (Å²) in [5.74, 6) is 0.0775. The quantitative estimate of drug-likeness (QED) is 0.415. The van der Waals surface area contributed by atoms with Crippen molar-refractivity contribution in [2.75, 3.05) is 5.32 Å². The van der Waals surface area contributed by atoms with Crippen molar-refractivity contribution in [3.63, 3.8) is 0 Å². The van der Waals surface area contributed by atoms with E-state index in [9.17, 15) is 14.9 Å². The highest BCUT2D eigenvalue weighted by molar-refractivity contribution is 6.30. The maximum absolute atomic E-state index is 12.6. The third-order valence-corrected chi connectivity index (χ3v) is 4.51. The Kier molecular flexibility index (Phi) is 6.37. The molecule has 156 valence electrons. The average Bonchev–Trinajstić information content (AvgIpc) is 3.05. The first kappa shape index (κ1) is 21.3. The topological polar surface area (TPSA) is 99.3 Å². The van der Waals surface area contributed by atoms with Crippen LogP contribution in [0.15, 0.2) is 48.8 Å². The van der Waals surface area contributed by atoms with Gasteiger partial charge in [0.15, 0.2) is 0 Å². The fraction of sp³-hybridized carbons (Fsp3) is 0.238. The first-order valence-corrected chi connectivity index (χ1v) is 9.62. The number of carbonyl (C=O) groups is 1. The molecular weight excluding hydrogens is 408 g/mol. The van der Waals surface area contributed by atoms with Crippen LogP contribution in [0.3, 0.4) is 0 Å². The molecule has 0 saturated carbocycles. The lowest BCUT2D eigenvalue weighted by atomic mass is 10.1. The molecule has 1 N–H and O–H groups in total. The Morgan fingerprint density at radius 3 is 2.47 bits per heavy atom. The third-order valence-electron chi connectivity index (χ3n) is 4.31. The minimum atomic E-state index is -0.529. The monoisotopic (exact) mass is 428 g/mol. The Morgan fingerprint density at radius 2 is 1.87 bits per heavy atom. The van der Waals surface area contributed by atoms with Crippen LogP contribution < -0.4 is 10.1 Å². The molecule has 1 amide bonds. The van der Waals surface area contributed by atoms with Crippen LogP contribution in [0, 0.1) is 29.9 Å². The van der Waals surface area contributed by atoms with Crippen LogP contribution in [-0.4, -0.2) is 20.6 Å². The Morgan fingerprint density at radius 1 is 1.20 bits per heavy atom. The van der Waals surface area contributed by atoms with Gasteiger partial charge >= 0.3 is 0 Å². The van der Waals surface area contributed by atoms with Gasteiger partial charge < -0.3 is 10.1 Å².